The Morgan fingerprint density at radius 3 is 2.61 bits per heavy atom. The van der Waals surface area contributed by atoms with Gasteiger partial charge in [0.1, 0.15) is 5.75 Å². The summed E-state index contributed by atoms with van der Waals surface area (Å²) in [5.41, 5.74) is 7.34. The van der Waals surface area contributed by atoms with Crippen molar-refractivity contribution >= 4 is 0 Å². The number of methoxy groups -OCH3 is 1. The first-order chi connectivity index (χ1) is 11.2. The van der Waals surface area contributed by atoms with Crippen LogP contribution in [0.25, 0.3) is 0 Å². The van der Waals surface area contributed by atoms with Crippen molar-refractivity contribution in [3.63, 3.8) is 0 Å². The van der Waals surface area contributed by atoms with Crippen LogP contribution in [0.1, 0.15) is 31.2 Å². The smallest absolute Gasteiger partial charge is 0.118 e. The molecule has 1 heterocycles. The van der Waals surface area contributed by atoms with E-state index in [4.69, 9.17) is 15.2 Å². The SMILES string of the molecule is COc1ccc(CC2CN(CC3CCC(N)CC3)CCO2)cc1. The maximum atomic E-state index is 6.02. The highest BCUT2D eigenvalue weighted by Gasteiger charge is 2.25. The second-order valence-electron chi connectivity index (χ2n) is 7.09. The molecule has 2 aliphatic rings. The lowest BCUT2D eigenvalue weighted by atomic mass is 9.86. The van der Waals surface area contributed by atoms with Gasteiger partial charge in [-0.2, -0.15) is 0 Å². The second-order valence-corrected chi connectivity index (χ2v) is 7.09. The number of benzene rings is 1. The van der Waals surface area contributed by atoms with E-state index in [-0.39, 0.29) is 0 Å². The zero-order valence-corrected chi connectivity index (χ0v) is 14.2. The highest BCUT2D eigenvalue weighted by molar-refractivity contribution is 5.27. The molecule has 1 aromatic rings. The summed E-state index contributed by atoms with van der Waals surface area (Å²) < 4.78 is 11.2. The Balaban J connectivity index is 1.47. The minimum atomic E-state index is 0.308. The number of rotatable bonds is 5. The number of hydrogen-bond acceptors (Lipinski definition) is 4. The van der Waals surface area contributed by atoms with Gasteiger partial charge >= 0.3 is 0 Å². The van der Waals surface area contributed by atoms with Crippen LogP contribution >= 0.6 is 0 Å². The summed E-state index contributed by atoms with van der Waals surface area (Å²) in [7, 11) is 1.70. The predicted molar refractivity (Wildman–Crippen MR) is 92.8 cm³/mol. The molecule has 4 heteroatoms. The molecule has 0 bridgehead atoms. The van der Waals surface area contributed by atoms with Crippen molar-refractivity contribution in [1.29, 1.82) is 0 Å². The zero-order valence-electron chi connectivity index (χ0n) is 14.2. The molecule has 0 radical (unpaired) electrons. The lowest BCUT2D eigenvalue weighted by Crippen LogP contribution is -2.46. The molecule has 1 saturated carbocycles. The minimum Gasteiger partial charge on any atom is -0.497 e. The summed E-state index contributed by atoms with van der Waals surface area (Å²) in [5.74, 6) is 1.74. The van der Waals surface area contributed by atoms with Gasteiger partial charge in [0.05, 0.1) is 19.8 Å². The molecule has 1 unspecified atom stereocenters. The third kappa shape index (κ3) is 4.93. The van der Waals surface area contributed by atoms with Crippen LogP contribution in [0.3, 0.4) is 0 Å². The predicted octanol–water partition coefficient (Wildman–Crippen LogP) is 2.46. The van der Waals surface area contributed by atoms with Gasteiger partial charge in [0.2, 0.25) is 0 Å². The first kappa shape index (κ1) is 16.7. The standard InChI is InChI=1S/C19H30N2O2/c1-22-18-8-4-15(5-9-18)12-19-14-21(10-11-23-19)13-16-2-6-17(20)7-3-16/h4-5,8-9,16-17,19H,2-3,6-7,10-14,20H2,1H3. The number of ether oxygens (including phenoxy) is 2. The first-order valence-electron chi connectivity index (χ1n) is 8.95. The van der Waals surface area contributed by atoms with Crippen molar-refractivity contribution in [3.8, 4) is 5.75 Å². The highest BCUT2D eigenvalue weighted by atomic mass is 16.5. The normalized spacial score (nSPS) is 29.4. The van der Waals surface area contributed by atoms with E-state index in [1.165, 1.54) is 37.8 Å². The van der Waals surface area contributed by atoms with E-state index in [1.54, 1.807) is 7.11 Å². The van der Waals surface area contributed by atoms with E-state index < -0.39 is 0 Å². The summed E-state index contributed by atoms with van der Waals surface area (Å²) in [6.07, 6.45) is 6.27. The number of morpholine rings is 1. The largest absolute Gasteiger partial charge is 0.497 e. The monoisotopic (exact) mass is 318 g/mol. The van der Waals surface area contributed by atoms with Gasteiger partial charge in [0.15, 0.2) is 0 Å². The Morgan fingerprint density at radius 2 is 1.91 bits per heavy atom. The van der Waals surface area contributed by atoms with Crippen LogP contribution in [-0.4, -0.2) is 50.4 Å². The topological polar surface area (TPSA) is 47.7 Å². The molecule has 1 atom stereocenters. The zero-order chi connectivity index (χ0) is 16.1. The lowest BCUT2D eigenvalue weighted by Gasteiger charge is -2.37. The van der Waals surface area contributed by atoms with Crippen LogP contribution in [0, 0.1) is 5.92 Å². The Bertz CT molecular complexity index is 469. The van der Waals surface area contributed by atoms with Crippen LogP contribution in [0.4, 0.5) is 0 Å². The summed E-state index contributed by atoms with van der Waals surface area (Å²) in [6, 6.07) is 8.79. The Morgan fingerprint density at radius 1 is 1.17 bits per heavy atom. The van der Waals surface area contributed by atoms with Gasteiger partial charge in [0.25, 0.3) is 0 Å². The van der Waals surface area contributed by atoms with Crippen molar-refractivity contribution in [2.45, 2.75) is 44.2 Å². The van der Waals surface area contributed by atoms with Crippen LogP contribution in [0.15, 0.2) is 24.3 Å². The minimum absolute atomic E-state index is 0.308. The summed E-state index contributed by atoms with van der Waals surface area (Å²) in [4.78, 5) is 2.60. The van der Waals surface area contributed by atoms with E-state index in [0.717, 1.165) is 37.8 Å². The van der Waals surface area contributed by atoms with Crippen molar-refractivity contribution in [1.82, 2.24) is 4.90 Å². The summed E-state index contributed by atoms with van der Waals surface area (Å²) >= 11 is 0. The van der Waals surface area contributed by atoms with Crippen LogP contribution in [0.5, 0.6) is 5.75 Å². The number of nitrogens with zero attached hydrogens (tertiary/aromatic N) is 1. The van der Waals surface area contributed by atoms with E-state index in [9.17, 15) is 0 Å². The molecule has 2 N–H and O–H groups in total. The molecule has 4 nitrogen and oxygen atoms in total. The fourth-order valence-corrected chi connectivity index (χ4v) is 3.83. The van der Waals surface area contributed by atoms with E-state index in [1.807, 2.05) is 12.1 Å². The molecule has 1 aromatic carbocycles. The van der Waals surface area contributed by atoms with Gasteiger partial charge in [0, 0.05) is 25.7 Å². The molecule has 1 saturated heterocycles. The molecule has 1 aliphatic heterocycles. The van der Waals surface area contributed by atoms with Crippen LogP contribution in [-0.2, 0) is 11.2 Å². The average Bonchev–Trinajstić information content (AvgIpc) is 2.58. The summed E-state index contributed by atoms with van der Waals surface area (Å²) in [6.45, 7) is 4.19. The highest BCUT2D eigenvalue weighted by Crippen LogP contribution is 2.25. The summed E-state index contributed by atoms with van der Waals surface area (Å²) in [5, 5.41) is 0. The molecule has 0 spiro atoms. The average molecular weight is 318 g/mol. The lowest BCUT2D eigenvalue weighted by molar-refractivity contribution is -0.0337. The Labute approximate surface area is 139 Å². The van der Waals surface area contributed by atoms with Gasteiger partial charge in [-0.25, -0.2) is 0 Å². The first-order valence-corrected chi connectivity index (χ1v) is 8.95. The molecule has 23 heavy (non-hydrogen) atoms. The number of nitrogens with two attached hydrogens (primary N) is 1. The molecule has 0 amide bonds. The molecule has 2 fully saturated rings. The Hall–Kier alpha value is -1.10. The maximum Gasteiger partial charge on any atom is 0.118 e. The molecule has 128 valence electrons. The van der Waals surface area contributed by atoms with Gasteiger partial charge in [-0.3, -0.25) is 4.90 Å². The molecular weight excluding hydrogens is 288 g/mol. The maximum absolute atomic E-state index is 6.02. The molecule has 0 aromatic heterocycles. The van der Waals surface area contributed by atoms with Crippen molar-refractivity contribution in [2.75, 3.05) is 33.4 Å². The quantitative estimate of drug-likeness (QED) is 0.906. The van der Waals surface area contributed by atoms with Crippen molar-refractivity contribution < 1.29 is 9.47 Å². The fourth-order valence-electron chi connectivity index (χ4n) is 3.83. The Kier molecular flexibility index (Phi) is 5.92. The van der Waals surface area contributed by atoms with Crippen LogP contribution in [0.2, 0.25) is 0 Å². The van der Waals surface area contributed by atoms with Gasteiger partial charge < -0.3 is 15.2 Å². The fraction of sp³-hybridized carbons (Fsp3) is 0.684. The molecule has 1 aliphatic carbocycles. The number of hydrogen-bond donors (Lipinski definition) is 1. The second kappa shape index (κ2) is 8.13. The molecular formula is C19H30N2O2. The van der Waals surface area contributed by atoms with Crippen molar-refractivity contribution in [2.24, 2.45) is 11.7 Å². The molecule has 3 rings (SSSR count). The third-order valence-corrected chi connectivity index (χ3v) is 5.25. The van der Waals surface area contributed by atoms with E-state index >= 15 is 0 Å². The van der Waals surface area contributed by atoms with Gasteiger partial charge in [-0.05, 0) is 55.7 Å². The van der Waals surface area contributed by atoms with E-state index in [0.29, 0.717) is 12.1 Å². The van der Waals surface area contributed by atoms with Gasteiger partial charge in [-0.1, -0.05) is 12.1 Å². The van der Waals surface area contributed by atoms with E-state index in [2.05, 4.69) is 17.0 Å². The van der Waals surface area contributed by atoms with Gasteiger partial charge in [-0.15, -0.1) is 0 Å². The van der Waals surface area contributed by atoms with Crippen molar-refractivity contribution in [3.05, 3.63) is 29.8 Å². The third-order valence-electron chi connectivity index (χ3n) is 5.25. The van der Waals surface area contributed by atoms with Crippen LogP contribution < -0.4 is 10.5 Å².